The summed E-state index contributed by atoms with van der Waals surface area (Å²) >= 11 is 0. The van der Waals surface area contributed by atoms with E-state index in [9.17, 15) is 17.6 Å². The Morgan fingerprint density at radius 1 is 1.40 bits per heavy atom. The predicted octanol–water partition coefficient (Wildman–Crippen LogP) is 3.10. The first kappa shape index (κ1) is 14.6. The van der Waals surface area contributed by atoms with Crippen LogP contribution >= 0.6 is 0 Å². The molecule has 20 heavy (non-hydrogen) atoms. The molecule has 1 aliphatic rings. The molecule has 110 valence electrons. The van der Waals surface area contributed by atoms with E-state index < -0.39 is 17.6 Å². The van der Waals surface area contributed by atoms with Gasteiger partial charge in [0.05, 0.1) is 5.56 Å². The van der Waals surface area contributed by atoms with Gasteiger partial charge < -0.3 is 9.64 Å². The number of anilines is 1. The van der Waals surface area contributed by atoms with Crippen LogP contribution in [-0.2, 0) is 10.9 Å². The maximum Gasteiger partial charge on any atom is 0.419 e. The first-order valence-electron chi connectivity index (χ1n) is 6.16. The molecule has 0 aliphatic carbocycles. The Bertz CT molecular complexity index is 502. The molecule has 0 fully saturated rings. The zero-order valence-corrected chi connectivity index (χ0v) is 10.8. The molecule has 0 amide bonds. The van der Waals surface area contributed by atoms with Crippen molar-refractivity contribution in [1.29, 1.82) is 0 Å². The lowest BCUT2D eigenvalue weighted by Gasteiger charge is -2.25. The lowest BCUT2D eigenvalue weighted by Crippen LogP contribution is -2.32. The fourth-order valence-electron chi connectivity index (χ4n) is 2.03. The van der Waals surface area contributed by atoms with Crippen LogP contribution in [0.25, 0.3) is 0 Å². The van der Waals surface area contributed by atoms with E-state index in [2.05, 4.69) is 4.99 Å². The number of benzene rings is 1. The van der Waals surface area contributed by atoms with Crippen LogP contribution in [0.3, 0.4) is 0 Å². The van der Waals surface area contributed by atoms with Crippen LogP contribution in [0, 0.1) is 5.82 Å². The van der Waals surface area contributed by atoms with Gasteiger partial charge in [-0.15, -0.1) is 0 Å². The molecule has 0 aromatic heterocycles. The van der Waals surface area contributed by atoms with Crippen molar-refractivity contribution in [2.45, 2.75) is 19.1 Å². The molecule has 3 nitrogen and oxygen atoms in total. The van der Waals surface area contributed by atoms with Gasteiger partial charge in [0.25, 0.3) is 0 Å². The number of ether oxygens (including phenoxy) is 1. The number of rotatable bonds is 4. The van der Waals surface area contributed by atoms with Gasteiger partial charge in [0.15, 0.2) is 6.40 Å². The number of likely N-dealkylation sites (N-methyl/N-ethyl adjacent to an activating group) is 1. The minimum absolute atomic E-state index is 0.0831. The van der Waals surface area contributed by atoms with Crippen molar-refractivity contribution >= 4 is 12.1 Å². The van der Waals surface area contributed by atoms with E-state index in [0.29, 0.717) is 25.4 Å². The Morgan fingerprint density at radius 3 is 2.65 bits per heavy atom. The Labute approximate surface area is 113 Å². The lowest BCUT2D eigenvalue weighted by atomic mass is 10.1. The van der Waals surface area contributed by atoms with Crippen LogP contribution in [0.1, 0.15) is 12.5 Å². The molecule has 0 N–H and O–H groups in total. The number of nitrogens with zero attached hydrogens (tertiary/aromatic N) is 2. The summed E-state index contributed by atoms with van der Waals surface area (Å²) in [7, 11) is 0. The highest BCUT2D eigenvalue weighted by atomic mass is 19.4. The van der Waals surface area contributed by atoms with Gasteiger partial charge in [-0.3, -0.25) is 0 Å². The van der Waals surface area contributed by atoms with Gasteiger partial charge in [0.1, 0.15) is 18.5 Å². The zero-order chi connectivity index (χ0) is 14.8. The first-order chi connectivity index (χ1) is 9.41. The van der Waals surface area contributed by atoms with Crippen molar-refractivity contribution in [3.05, 3.63) is 29.6 Å². The van der Waals surface area contributed by atoms with E-state index in [1.54, 1.807) is 4.90 Å². The van der Waals surface area contributed by atoms with Gasteiger partial charge in [-0.1, -0.05) is 0 Å². The van der Waals surface area contributed by atoms with Gasteiger partial charge in [-0.05, 0) is 25.1 Å². The normalized spacial score (nSPS) is 18.1. The molecule has 2 rings (SSSR count). The molecule has 1 aromatic carbocycles. The van der Waals surface area contributed by atoms with E-state index in [1.165, 1.54) is 12.5 Å². The predicted molar refractivity (Wildman–Crippen MR) is 67.5 cm³/mol. The summed E-state index contributed by atoms with van der Waals surface area (Å²) in [6, 6.07) is 2.86. The largest absolute Gasteiger partial charge is 0.481 e. The van der Waals surface area contributed by atoms with Crippen molar-refractivity contribution in [3.8, 4) is 0 Å². The fourth-order valence-corrected chi connectivity index (χ4v) is 2.03. The summed E-state index contributed by atoms with van der Waals surface area (Å²) in [6.45, 7) is 3.28. The molecule has 0 radical (unpaired) electrons. The first-order valence-corrected chi connectivity index (χ1v) is 6.16. The highest BCUT2D eigenvalue weighted by Gasteiger charge is 2.34. The summed E-state index contributed by atoms with van der Waals surface area (Å²) in [5, 5.41) is 0. The quantitative estimate of drug-likeness (QED) is 0.796. The number of hydrogen-bond donors (Lipinski definition) is 0. The third-order valence-corrected chi connectivity index (χ3v) is 3.07. The van der Waals surface area contributed by atoms with Gasteiger partial charge in [0, 0.05) is 18.8 Å². The molecule has 1 heterocycles. The van der Waals surface area contributed by atoms with Crippen molar-refractivity contribution in [3.63, 3.8) is 0 Å². The Morgan fingerprint density at radius 2 is 2.15 bits per heavy atom. The summed E-state index contributed by atoms with van der Waals surface area (Å²) in [4.78, 5) is 5.83. The molecule has 1 atom stereocenters. The number of halogens is 4. The molecule has 0 saturated heterocycles. The number of aliphatic imine (C=N–C) groups is 1. The summed E-state index contributed by atoms with van der Waals surface area (Å²) in [6.07, 6.45) is -3.32. The van der Waals surface area contributed by atoms with Gasteiger partial charge in [-0.25, -0.2) is 9.38 Å². The average molecular weight is 290 g/mol. The smallest absolute Gasteiger partial charge is 0.419 e. The Hall–Kier alpha value is -1.79. The SMILES string of the molecule is CCN(CC1COC=N1)c1ccc(C(F)(F)F)c(F)c1. The van der Waals surface area contributed by atoms with Gasteiger partial charge >= 0.3 is 6.18 Å². The van der Waals surface area contributed by atoms with Crippen molar-refractivity contribution in [2.75, 3.05) is 24.6 Å². The average Bonchev–Trinajstić information content (AvgIpc) is 2.87. The van der Waals surface area contributed by atoms with Crippen molar-refractivity contribution in [1.82, 2.24) is 0 Å². The molecule has 7 heteroatoms. The van der Waals surface area contributed by atoms with Crippen LogP contribution in [0.5, 0.6) is 0 Å². The third-order valence-electron chi connectivity index (χ3n) is 3.07. The molecule has 1 unspecified atom stereocenters. The third kappa shape index (κ3) is 3.20. The molecule has 1 aliphatic heterocycles. The molecule has 0 saturated carbocycles. The van der Waals surface area contributed by atoms with Gasteiger partial charge in [-0.2, -0.15) is 13.2 Å². The van der Waals surface area contributed by atoms with Crippen LogP contribution in [-0.4, -0.2) is 32.1 Å². The number of hydrogen-bond acceptors (Lipinski definition) is 3. The van der Waals surface area contributed by atoms with Crippen molar-refractivity contribution < 1.29 is 22.3 Å². The second kappa shape index (κ2) is 5.68. The second-order valence-electron chi connectivity index (χ2n) is 4.44. The standard InChI is InChI=1S/C13H14F4N2O/c1-2-19(6-9-7-20-8-18-9)10-3-4-11(12(14)5-10)13(15,16)17/h3-5,8-9H,2,6-7H2,1H3. The Kier molecular flexibility index (Phi) is 4.15. The van der Waals surface area contributed by atoms with Crippen LogP contribution in [0.4, 0.5) is 23.2 Å². The molecule has 0 bridgehead atoms. The van der Waals surface area contributed by atoms with E-state index in [-0.39, 0.29) is 6.04 Å². The summed E-state index contributed by atoms with van der Waals surface area (Å²) < 4.78 is 56.0. The topological polar surface area (TPSA) is 24.8 Å². The van der Waals surface area contributed by atoms with Crippen LogP contribution in [0.15, 0.2) is 23.2 Å². The van der Waals surface area contributed by atoms with Crippen LogP contribution in [0.2, 0.25) is 0 Å². The van der Waals surface area contributed by atoms with Gasteiger partial charge in [0.2, 0.25) is 0 Å². The van der Waals surface area contributed by atoms with Crippen molar-refractivity contribution in [2.24, 2.45) is 4.99 Å². The fraction of sp³-hybridized carbons (Fsp3) is 0.462. The van der Waals surface area contributed by atoms with E-state index in [1.807, 2.05) is 6.92 Å². The van der Waals surface area contributed by atoms with E-state index in [4.69, 9.17) is 4.74 Å². The molecular weight excluding hydrogens is 276 g/mol. The van der Waals surface area contributed by atoms with Crippen LogP contribution < -0.4 is 4.90 Å². The maximum absolute atomic E-state index is 13.6. The zero-order valence-electron chi connectivity index (χ0n) is 10.8. The minimum atomic E-state index is -4.68. The lowest BCUT2D eigenvalue weighted by molar-refractivity contribution is -0.139. The van der Waals surface area contributed by atoms with E-state index in [0.717, 1.165) is 12.1 Å². The molecular formula is C13H14F4N2O. The number of alkyl halides is 3. The summed E-state index contributed by atoms with van der Waals surface area (Å²) in [5.74, 6) is -1.26. The maximum atomic E-state index is 13.6. The highest BCUT2D eigenvalue weighted by Crippen LogP contribution is 2.33. The minimum Gasteiger partial charge on any atom is -0.481 e. The Balaban J connectivity index is 2.18. The molecule has 1 aromatic rings. The van der Waals surface area contributed by atoms with E-state index >= 15 is 0 Å². The molecule has 0 spiro atoms. The highest BCUT2D eigenvalue weighted by molar-refractivity contribution is 5.51. The second-order valence-corrected chi connectivity index (χ2v) is 4.44. The summed E-state index contributed by atoms with van der Waals surface area (Å²) in [5.41, 5.74) is -0.848. The monoisotopic (exact) mass is 290 g/mol.